The molecule has 0 atom stereocenters. The lowest BCUT2D eigenvalue weighted by atomic mass is 10.1. The molecule has 1 fully saturated rings. The summed E-state index contributed by atoms with van der Waals surface area (Å²) in [7, 11) is 1.80. The molecule has 2 aromatic rings. The number of para-hydroxylation sites is 1. The van der Waals surface area contributed by atoms with Crippen LogP contribution in [0.15, 0.2) is 54.6 Å². The summed E-state index contributed by atoms with van der Waals surface area (Å²) in [4.78, 5) is 16.2. The van der Waals surface area contributed by atoms with Crippen LogP contribution in [0.4, 0.5) is 5.69 Å². The second-order valence-electron chi connectivity index (χ2n) is 6.12. The minimum Gasteiger partial charge on any atom is -0.484 e. The van der Waals surface area contributed by atoms with Crippen LogP contribution in [0.5, 0.6) is 5.75 Å². The summed E-state index contributed by atoms with van der Waals surface area (Å²) in [6.07, 6.45) is 0. The number of hydrogen-bond acceptors (Lipinski definition) is 4. The first-order chi connectivity index (χ1) is 12.2. The van der Waals surface area contributed by atoms with Crippen molar-refractivity contribution < 1.29 is 14.3 Å². The molecule has 0 saturated carbocycles. The van der Waals surface area contributed by atoms with Gasteiger partial charge < -0.3 is 19.3 Å². The number of anilines is 1. The summed E-state index contributed by atoms with van der Waals surface area (Å²) < 4.78 is 10.9. The fourth-order valence-corrected chi connectivity index (χ4v) is 2.77. The zero-order chi connectivity index (χ0) is 17.5. The molecular formula is C20H24N2O3. The van der Waals surface area contributed by atoms with E-state index in [0.717, 1.165) is 31.9 Å². The van der Waals surface area contributed by atoms with E-state index in [0.29, 0.717) is 12.3 Å². The van der Waals surface area contributed by atoms with E-state index in [1.165, 1.54) is 5.69 Å². The number of carbonyl (C=O) groups is 1. The largest absolute Gasteiger partial charge is 0.484 e. The molecule has 0 bridgehead atoms. The van der Waals surface area contributed by atoms with Crippen LogP contribution in [0.1, 0.15) is 5.56 Å². The molecule has 5 heteroatoms. The van der Waals surface area contributed by atoms with Crippen LogP contribution in [-0.4, -0.2) is 50.8 Å². The van der Waals surface area contributed by atoms with E-state index in [-0.39, 0.29) is 12.5 Å². The lowest BCUT2D eigenvalue weighted by Crippen LogP contribution is -2.36. The average Bonchev–Trinajstić information content (AvgIpc) is 2.68. The predicted molar refractivity (Wildman–Crippen MR) is 97.9 cm³/mol. The van der Waals surface area contributed by atoms with E-state index in [4.69, 9.17) is 9.47 Å². The molecule has 0 N–H and O–H groups in total. The van der Waals surface area contributed by atoms with Crippen LogP contribution in [0, 0.1) is 0 Å². The van der Waals surface area contributed by atoms with Crippen LogP contribution in [0.2, 0.25) is 0 Å². The molecular weight excluding hydrogens is 316 g/mol. The number of morpholine rings is 1. The quantitative estimate of drug-likeness (QED) is 0.810. The van der Waals surface area contributed by atoms with Crippen LogP contribution in [0.25, 0.3) is 0 Å². The second kappa shape index (κ2) is 8.53. The molecule has 0 aliphatic carbocycles. The SMILES string of the molecule is CN(Cc1ccc(N2CCOCC2)cc1)C(=O)COc1ccccc1. The fourth-order valence-electron chi connectivity index (χ4n) is 2.77. The van der Waals surface area contributed by atoms with Gasteiger partial charge in [-0.25, -0.2) is 0 Å². The molecule has 3 rings (SSSR count). The predicted octanol–water partition coefficient (Wildman–Crippen LogP) is 2.56. The summed E-state index contributed by atoms with van der Waals surface area (Å²) in [5, 5.41) is 0. The summed E-state index contributed by atoms with van der Waals surface area (Å²) in [6.45, 7) is 4.02. The van der Waals surface area contributed by atoms with E-state index in [9.17, 15) is 4.79 Å². The Balaban J connectivity index is 1.49. The van der Waals surface area contributed by atoms with Crippen molar-refractivity contribution in [3.05, 3.63) is 60.2 Å². The van der Waals surface area contributed by atoms with Crippen molar-refractivity contribution in [2.24, 2.45) is 0 Å². The van der Waals surface area contributed by atoms with Gasteiger partial charge in [-0.15, -0.1) is 0 Å². The Bertz CT molecular complexity index is 667. The highest BCUT2D eigenvalue weighted by molar-refractivity contribution is 5.77. The van der Waals surface area contributed by atoms with Gasteiger partial charge in [0.2, 0.25) is 0 Å². The third-order valence-corrected chi connectivity index (χ3v) is 4.26. The Morgan fingerprint density at radius 2 is 1.76 bits per heavy atom. The summed E-state index contributed by atoms with van der Waals surface area (Å²) in [6, 6.07) is 17.8. The highest BCUT2D eigenvalue weighted by Crippen LogP contribution is 2.17. The first kappa shape index (κ1) is 17.3. The van der Waals surface area contributed by atoms with Gasteiger partial charge in [0.05, 0.1) is 13.2 Å². The number of rotatable bonds is 6. The topological polar surface area (TPSA) is 42.0 Å². The first-order valence-corrected chi connectivity index (χ1v) is 8.56. The van der Waals surface area contributed by atoms with Crippen molar-refractivity contribution in [2.45, 2.75) is 6.54 Å². The summed E-state index contributed by atoms with van der Waals surface area (Å²) in [5.74, 6) is 0.667. The van der Waals surface area contributed by atoms with Crippen LogP contribution >= 0.6 is 0 Å². The van der Waals surface area contributed by atoms with Crippen molar-refractivity contribution >= 4 is 11.6 Å². The van der Waals surface area contributed by atoms with Crippen molar-refractivity contribution in [3.8, 4) is 5.75 Å². The summed E-state index contributed by atoms with van der Waals surface area (Å²) in [5.41, 5.74) is 2.31. The van der Waals surface area contributed by atoms with E-state index >= 15 is 0 Å². The average molecular weight is 340 g/mol. The Morgan fingerprint density at radius 1 is 1.08 bits per heavy atom. The normalized spacial score (nSPS) is 14.2. The van der Waals surface area contributed by atoms with Gasteiger partial charge in [-0.1, -0.05) is 30.3 Å². The third kappa shape index (κ3) is 4.97. The van der Waals surface area contributed by atoms with Gasteiger partial charge in [0, 0.05) is 32.4 Å². The maximum Gasteiger partial charge on any atom is 0.260 e. The molecule has 0 spiro atoms. The number of benzene rings is 2. The molecule has 1 aliphatic heterocycles. The number of carbonyl (C=O) groups excluding carboxylic acids is 1. The molecule has 0 unspecified atom stereocenters. The third-order valence-electron chi connectivity index (χ3n) is 4.26. The molecule has 1 aliphatic rings. The molecule has 25 heavy (non-hydrogen) atoms. The maximum absolute atomic E-state index is 12.2. The molecule has 2 aromatic carbocycles. The lowest BCUT2D eigenvalue weighted by Gasteiger charge is -2.29. The molecule has 0 radical (unpaired) electrons. The minimum atomic E-state index is -0.0406. The number of hydrogen-bond donors (Lipinski definition) is 0. The van der Waals surface area contributed by atoms with E-state index in [1.807, 2.05) is 30.3 Å². The highest BCUT2D eigenvalue weighted by Gasteiger charge is 2.13. The highest BCUT2D eigenvalue weighted by atomic mass is 16.5. The molecule has 1 amide bonds. The van der Waals surface area contributed by atoms with Gasteiger partial charge in [-0.3, -0.25) is 4.79 Å². The van der Waals surface area contributed by atoms with Crippen LogP contribution in [-0.2, 0) is 16.1 Å². The number of likely N-dealkylation sites (N-methyl/N-ethyl adjacent to an activating group) is 1. The van der Waals surface area contributed by atoms with Crippen LogP contribution < -0.4 is 9.64 Å². The standard InChI is InChI=1S/C20H24N2O3/c1-21(20(23)16-25-19-5-3-2-4-6-19)15-17-7-9-18(10-8-17)22-11-13-24-14-12-22/h2-10H,11-16H2,1H3. The monoisotopic (exact) mass is 340 g/mol. The van der Waals surface area contributed by atoms with Crippen molar-refractivity contribution in [1.82, 2.24) is 4.90 Å². The Morgan fingerprint density at radius 3 is 2.44 bits per heavy atom. The molecule has 0 aromatic heterocycles. The zero-order valence-electron chi connectivity index (χ0n) is 14.6. The maximum atomic E-state index is 12.2. The van der Waals surface area contributed by atoms with Crippen molar-refractivity contribution in [1.29, 1.82) is 0 Å². The minimum absolute atomic E-state index is 0.0406. The first-order valence-electron chi connectivity index (χ1n) is 8.56. The lowest BCUT2D eigenvalue weighted by molar-refractivity contribution is -0.132. The number of amides is 1. The summed E-state index contributed by atoms with van der Waals surface area (Å²) >= 11 is 0. The number of nitrogens with zero attached hydrogens (tertiary/aromatic N) is 2. The van der Waals surface area contributed by atoms with Gasteiger partial charge >= 0.3 is 0 Å². The smallest absolute Gasteiger partial charge is 0.260 e. The van der Waals surface area contributed by atoms with Crippen molar-refractivity contribution in [3.63, 3.8) is 0 Å². The van der Waals surface area contributed by atoms with Crippen LogP contribution in [0.3, 0.4) is 0 Å². The molecule has 5 nitrogen and oxygen atoms in total. The Labute approximate surface area is 148 Å². The van der Waals surface area contributed by atoms with Gasteiger partial charge in [0.1, 0.15) is 5.75 Å². The zero-order valence-corrected chi connectivity index (χ0v) is 14.6. The van der Waals surface area contributed by atoms with Gasteiger partial charge in [0.15, 0.2) is 6.61 Å². The Kier molecular flexibility index (Phi) is 5.90. The molecule has 132 valence electrons. The van der Waals surface area contributed by atoms with Crippen molar-refractivity contribution in [2.75, 3.05) is 44.9 Å². The molecule has 1 heterocycles. The van der Waals surface area contributed by atoms with E-state index < -0.39 is 0 Å². The number of ether oxygens (including phenoxy) is 2. The van der Waals surface area contributed by atoms with E-state index in [2.05, 4.69) is 29.2 Å². The fraction of sp³-hybridized carbons (Fsp3) is 0.350. The van der Waals surface area contributed by atoms with Gasteiger partial charge in [-0.05, 0) is 29.8 Å². The molecule has 1 saturated heterocycles. The van der Waals surface area contributed by atoms with Gasteiger partial charge in [0.25, 0.3) is 5.91 Å². The van der Waals surface area contributed by atoms with Gasteiger partial charge in [-0.2, -0.15) is 0 Å². The van der Waals surface area contributed by atoms with E-state index in [1.54, 1.807) is 11.9 Å². The second-order valence-corrected chi connectivity index (χ2v) is 6.12. The Hall–Kier alpha value is -2.53.